The van der Waals surface area contributed by atoms with Gasteiger partial charge in [-0.25, -0.2) is 8.42 Å². The second-order valence-electron chi connectivity index (χ2n) is 8.22. The van der Waals surface area contributed by atoms with E-state index in [2.05, 4.69) is 10.5 Å². The SMILES string of the molecule is Cc1noc(C)c1S(=O)(=O)N1CCN(CC(=O)N2c3ccccc3NC(=O)C[C@@H]2C)CC1. The smallest absolute Gasteiger partial charge is 0.248 e. The Morgan fingerprint density at radius 1 is 1.19 bits per heavy atom. The van der Waals surface area contributed by atoms with Gasteiger partial charge < -0.3 is 14.7 Å². The predicted octanol–water partition coefficient (Wildman–Crippen LogP) is 1.36. The summed E-state index contributed by atoms with van der Waals surface area (Å²) < 4.78 is 32.5. The van der Waals surface area contributed by atoms with E-state index in [-0.39, 0.29) is 54.6 Å². The highest BCUT2D eigenvalue weighted by molar-refractivity contribution is 7.89. The van der Waals surface area contributed by atoms with Gasteiger partial charge in [0.2, 0.25) is 21.8 Å². The molecule has 0 aliphatic carbocycles. The fourth-order valence-corrected chi connectivity index (χ4v) is 6.05. The lowest BCUT2D eigenvalue weighted by Gasteiger charge is -2.35. The topological polar surface area (TPSA) is 116 Å². The van der Waals surface area contributed by atoms with Crippen molar-refractivity contribution in [3.05, 3.63) is 35.7 Å². The molecule has 2 amide bonds. The molecule has 11 heteroatoms. The fourth-order valence-electron chi connectivity index (χ4n) is 4.34. The van der Waals surface area contributed by atoms with Crippen LogP contribution < -0.4 is 10.2 Å². The number of fused-ring (bicyclic) bond motifs is 1. The molecule has 10 nitrogen and oxygen atoms in total. The Balaban J connectivity index is 1.44. The number of anilines is 2. The molecule has 2 aromatic rings. The van der Waals surface area contributed by atoms with Crippen molar-refractivity contribution >= 4 is 33.2 Å². The molecule has 0 radical (unpaired) electrons. The molecule has 1 atom stereocenters. The Morgan fingerprint density at radius 2 is 1.88 bits per heavy atom. The van der Waals surface area contributed by atoms with Crippen LogP contribution in [0, 0.1) is 13.8 Å². The number of nitrogens with zero attached hydrogens (tertiary/aromatic N) is 4. The Labute approximate surface area is 187 Å². The quantitative estimate of drug-likeness (QED) is 0.731. The first-order valence-electron chi connectivity index (χ1n) is 10.5. The van der Waals surface area contributed by atoms with Crippen molar-refractivity contribution in [1.82, 2.24) is 14.4 Å². The zero-order valence-corrected chi connectivity index (χ0v) is 19.2. The summed E-state index contributed by atoms with van der Waals surface area (Å²) in [6, 6.07) is 6.97. The monoisotopic (exact) mass is 461 g/mol. The van der Waals surface area contributed by atoms with Crippen LogP contribution in [0.5, 0.6) is 0 Å². The summed E-state index contributed by atoms with van der Waals surface area (Å²) in [7, 11) is -3.70. The minimum absolute atomic E-state index is 0.120. The molecule has 0 spiro atoms. The number of rotatable bonds is 4. The first-order valence-corrected chi connectivity index (χ1v) is 12.0. The van der Waals surface area contributed by atoms with Crippen LogP contribution in [0.15, 0.2) is 33.7 Å². The number of amides is 2. The minimum atomic E-state index is -3.70. The Hall–Kier alpha value is -2.76. The van der Waals surface area contributed by atoms with E-state index >= 15 is 0 Å². The second kappa shape index (κ2) is 8.64. The van der Waals surface area contributed by atoms with E-state index in [1.54, 1.807) is 24.8 Å². The largest absolute Gasteiger partial charge is 0.360 e. The predicted molar refractivity (Wildman–Crippen MR) is 118 cm³/mol. The maximum absolute atomic E-state index is 13.2. The highest BCUT2D eigenvalue weighted by atomic mass is 32.2. The van der Waals surface area contributed by atoms with Gasteiger partial charge in [-0.15, -0.1) is 0 Å². The van der Waals surface area contributed by atoms with E-state index in [0.29, 0.717) is 30.2 Å². The summed E-state index contributed by atoms with van der Waals surface area (Å²) in [4.78, 5) is 29.1. The first-order chi connectivity index (χ1) is 15.2. The minimum Gasteiger partial charge on any atom is -0.360 e. The van der Waals surface area contributed by atoms with Crippen LogP contribution in [0.1, 0.15) is 24.8 Å². The van der Waals surface area contributed by atoms with Gasteiger partial charge in [0.1, 0.15) is 10.6 Å². The molecule has 0 saturated carbocycles. The molecule has 2 aliphatic heterocycles. The highest BCUT2D eigenvalue weighted by Crippen LogP contribution is 2.31. The van der Waals surface area contributed by atoms with Crippen molar-refractivity contribution in [3.63, 3.8) is 0 Å². The van der Waals surface area contributed by atoms with E-state index in [4.69, 9.17) is 4.52 Å². The summed E-state index contributed by atoms with van der Waals surface area (Å²) >= 11 is 0. The van der Waals surface area contributed by atoms with Crippen molar-refractivity contribution in [3.8, 4) is 0 Å². The molecule has 32 heavy (non-hydrogen) atoms. The molecule has 1 fully saturated rings. The van der Waals surface area contributed by atoms with Gasteiger partial charge in [0.05, 0.1) is 17.9 Å². The van der Waals surface area contributed by atoms with E-state index in [1.807, 2.05) is 30.0 Å². The van der Waals surface area contributed by atoms with Gasteiger partial charge in [-0.05, 0) is 32.9 Å². The third-order valence-electron chi connectivity index (χ3n) is 5.88. The van der Waals surface area contributed by atoms with Gasteiger partial charge in [0.15, 0.2) is 5.76 Å². The van der Waals surface area contributed by atoms with Crippen molar-refractivity contribution in [2.75, 3.05) is 42.9 Å². The van der Waals surface area contributed by atoms with E-state index in [1.165, 1.54) is 4.31 Å². The number of nitrogens with one attached hydrogen (secondary N) is 1. The average molecular weight is 462 g/mol. The number of benzene rings is 1. The number of aromatic nitrogens is 1. The Kier molecular flexibility index (Phi) is 6.06. The van der Waals surface area contributed by atoms with Crippen molar-refractivity contribution in [1.29, 1.82) is 0 Å². The number of sulfonamides is 1. The number of hydrogen-bond donors (Lipinski definition) is 1. The lowest BCUT2D eigenvalue weighted by molar-refractivity contribution is -0.120. The van der Waals surface area contributed by atoms with Gasteiger partial charge in [0, 0.05) is 38.6 Å². The Morgan fingerprint density at radius 3 is 2.53 bits per heavy atom. The second-order valence-corrected chi connectivity index (χ2v) is 10.1. The zero-order valence-electron chi connectivity index (χ0n) is 18.4. The fraction of sp³-hybridized carbons (Fsp3) is 0.476. The number of carbonyl (C=O) groups is 2. The van der Waals surface area contributed by atoms with Crippen LogP contribution in [-0.2, 0) is 19.6 Å². The number of carbonyl (C=O) groups excluding carboxylic acids is 2. The molecule has 1 aromatic heterocycles. The van der Waals surface area contributed by atoms with Crippen molar-refractivity contribution in [2.45, 2.75) is 38.1 Å². The van der Waals surface area contributed by atoms with Crippen LogP contribution in [0.3, 0.4) is 0 Å². The normalized spacial score (nSPS) is 20.5. The van der Waals surface area contributed by atoms with E-state index < -0.39 is 10.0 Å². The number of piperazine rings is 1. The van der Waals surface area contributed by atoms with Crippen LogP contribution in [0.2, 0.25) is 0 Å². The Bertz CT molecular complexity index is 1120. The molecule has 172 valence electrons. The molecule has 0 bridgehead atoms. The molecular formula is C21H27N5O5S. The maximum Gasteiger partial charge on any atom is 0.248 e. The lowest BCUT2D eigenvalue weighted by atomic mass is 10.1. The van der Waals surface area contributed by atoms with E-state index in [0.717, 1.165) is 0 Å². The number of para-hydroxylation sites is 2. The molecule has 1 N–H and O–H groups in total. The summed E-state index contributed by atoms with van der Waals surface area (Å²) in [5.41, 5.74) is 1.64. The molecule has 4 rings (SSSR count). The first kappa shape index (κ1) is 22.4. The van der Waals surface area contributed by atoms with Gasteiger partial charge in [-0.1, -0.05) is 17.3 Å². The third-order valence-corrected chi connectivity index (χ3v) is 8.03. The van der Waals surface area contributed by atoms with Crippen molar-refractivity contribution in [2.24, 2.45) is 0 Å². The zero-order chi connectivity index (χ0) is 23.0. The summed E-state index contributed by atoms with van der Waals surface area (Å²) in [6.07, 6.45) is 0.212. The van der Waals surface area contributed by atoms with Crippen LogP contribution in [0.25, 0.3) is 0 Å². The van der Waals surface area contributed by atoms with Crippen LogP contribution in [-0.4, -0.2) is 73.4 Å². The molecule has 3 heterocycles. The van der Waals surface area contributed by atoms with Crippen LogP contribution >= 0.6 is 0 Å². The van der Waals surface area contributed by atoms with Gasteiger partial charge in [-0.2, -0.15) is 4.31 Å². The summed E-state index contributed by atoms with van der Waals surface area (Å²) in [5.74, 6) is 0.0268. The highest BCUT2D eigenvalue weighted by Gasteiger charge is 2.35. The van der Waals surface area contributed by atoms with Gasteiger partial charge >= 0.3 is 0 Å². The standard InChI is InChI=1S/C21H27N5O5S/c1-14-12-19(27)22-17-6-4-5-7-18(17)26(14)20(28)13-24-8-10-25(11-9-24)32(29,30)21-15(2)23-31-16(21)3/h4-7,14H,8-13H2,1-3H3,(H,22,27)/t14-/m0/s1. The maximum atomic E-state index is 13.2. The molecule has 0 unspecified atom stereocenters. The van der Waals surface area contributed by atoms with Crippen LogP contribution in [0.4, 0.5) is 11.4 Å². The summed E-state index contributed by atoms with van der Waals surface area (Å²) in [6.45, 7) is 6.59. The number of hydrogen-bond acceptors (Lipinski definition) is 7. The van der Waals surface area contributed by atoms with Crippen molar-refractivity contribution < 1.29 is 22.5 Å². The third kappa shape index (κ3) is 4.15. The molecule has 1 saturated heterocycles. The average Bonchev–Trinajstić information content (AvgIpc) is 3.01. The van der Waals surface area contributed by atoms with Gasteiger partial charge in [-0.3, -0.25) is 14.5 Å². The molecule has 1 aromatic carbocycles. The molecular weight excluding hydrogens is 434 g/mol. The summed E-state index contributed by atoms with van der Waals surface area (Å²) in [5, 5.41) is 6.60. The number of aryl methyl sites for hydroxylation is 2. The lowest BCUT2D eigenvalue weighted by Crippen LogP contribution is -2.52. The van der Waals surface area contributed by atoms with Gasteiger partial charge in [0.25, 0.3) is 0 Å². The van der Waals surface area contributed by atoms with E-state index in [9.17, 15) is 18.0 Å². The molecule has 2 aliphatic rings.